The second-order valence-electron chi connectivity index (χ2n) is 24.1. The van der Waals surface area contributed by atoms with Crippen LogP contribution in [0.2, 0.25) is 0 Å². The maximum atomic E-state index is 15.0. The van der Waals surface area contributed by atoms with Crippen molar-refractivity contribution in [2.75, 3.05) is 30.8 Å². The van der Waals surface area contributed by atoms with E-state index in [1.165, 1.54) is 73.4 Å². The molecule has 2 saturated carbocycles. The van der Waals surface area contributed by atoms with Gasteiger partial charge >= 0.3 is 23.9 Å². The van der Waals surface area contributed by atoms with E-state index in [2.05, 4.69) is 53.6 Å². The molecule has 6 heterocycles. The fourth-order valence-electron chi connectivity index (χ4n) is 10.6. The number of pyridine rings is 2. The fraction of sp³-hybridized carbons (Fsp3) is 0.492. The van der Waals surface area contributed by atoms with Crippen molar-refractivity contribution in [2.24, 2.45) is 11.8 Å². The van der Waals surface area contributed by atoms with Gasteiger partial charge in [-0.3, -0.25) is 38.7 Å². The molecule has 2 fully saturated rings. The number of nitrogens with zero attached hydrogens (tertiary/aromatic N) is 8. The summed E-state index contributed by atoms with van der Waals surface area (Å²) in [7, 11) is 1.39. The lowest BCUT2D eigenvalue weighted by molar-refractivity contribution is -0.160. The number of nitriles is 2. The lowest BCUT2D eigenvalue weighted by Crippen LogP contribution is -2.45. The Balaban J connectivity index is 0.000000249. The van der Waals surface area contributed by atoms with Gasteiger partial charge in [0.2, 0.25) is 0 Å². The summed E-state index contributed by atoms with van der Waals surface area (Å²) < 4.78 is 53.7. The van der Waals surface area contributed by atoms with Gasteiger partial charge in [0.05, 0.1) is 100 Å². The second-order valence-corrected chi connectivity index (χ2v) is 24.1. The van der Waals surface area contributed by atoms with E-state index in [1.54, 1.807) is 33.3 Å². The Kier molecular flexibility index (Phi) is 21.4. The molecule has 8 rings (SSSR count). The van der Waals surface area contributed by atoms with Crippen LogP contribution in [0.15, 0.2) is 73.3 Å². The first kappa shape index (κ1) is 65.5. The number of aromatic nitrogens is 6. The maximum Gasteiger partial charge on any atom is 0.306 e. The molecule has 4 N–H and O–H groups in total. The molecule has 0 aromatic carbocycles. The fourth-order valence-corrected chi connectivity index (χ4v) is 10.6. The molecule has 22 nitrogen and oxygen atoms in total. The SMILES string of the molecule is CC(=O)OC(C)(C)[C@H](F)CNC(=O)c1cnc(-c2ccc3cc(C#N)cnn23)cc1NC1CCC(CC(=O)OC(C)(C)C)CC1.COC(=O)CC1CCC(Nc2cc(-c3ccc4cc(C#N)cnn34)ncc2C(=O)NC[C@@H](F)C(C)(C)OC(C)=O)CC1. The first-order chi connectivity index (χ1) is 41.1. The minimum Gasteiger partial charge on any atom is -0.469 e. The van der Waals surface area contributed by atoms with E-state index in [0.717, 1.165) is 62.4 Å². The van der Waals surface area contributed by atoms with E-state index < -0.39 is 52.9 Å². The highest BCUT2D eigenvalue weighted by Crippen LogP contribution is 2.35. The number of alkyl halides is 2. The largest absolute Gasteiger partial charge is 0.469 e. The Morgan fingerprint density at radius 2 is 0.977 bits per heavy atom. The van der Waals surface area contributed by atoms with E-state index in [4.69, 9.17) is 18.9 Å². The summed E-state index contributed by atoms with van der Waals surface area (Å²) >= 11 is 0. The number of hydrogen-bond acceptors (Lipinski definition) is 18. The molecule has 0 aliphatic heterocycles. The normalized spacial score (nSPS) is 17.6. The van der Waals surface area contributed by atoms with E-state index in [-0.39, 0.29) is 60.1 Å². The summed E-state index contributed by atoms with van der Waals surface area (Å²) in [5, 5.41) is 39.4. The van der Waals surface area contributed by atoms with Gasteiger partial charge < -0.3 is 40.2 Å². The number of fused-ring (bicyclic) bond motifs is 2. The highest BCUT2D eigenvalue weighted by atomic mass is 19.1. The van der Waals surface area contributed by atoms with Gasteiger partial charge in [-0.15, -0.1) is 0 Å². The molecule has 0 spiro atoms. The van der Waals surface area contributed by atoms with Crippen LogP contribution < -0.4 is 21.3 Å². The Morgan fingerprint density at radius 3 is 1.33 bits per heavy atom. The highest BCUT2D eigenvalue weighted by molar-refractivity contribution is 6.01. The van der Waals surface area contributed by atoms with Crippen LogP contribution in [-0.2, 0) is 38.1 Å². The van der Waals surface area contributed by atoms with Crippen LogP contribution in [0.3, 0.4) is 0 Å². The summed E-state index contributed by atoms with van der Waals surface area (Å²) in [5.41, 5.74) is 2.85. The van der Waals surface area contributed by atoms with E-state index in [1.807, 2.05) is 45.0 Å². The molecular formula is C63H76F2N12O10. The van der Waals surface area contributed by atoms with Crippen LogP contribution in [0.4, 0.5) is 20.2 Å². The van der Waals surface area contributed by atoms with Crippen LogP contribution in [0.5, 0.6) is 0 Å². The van der Waals surface area contributed by atoms with Crippen molar-refractivity contribution >= 4 is 58.1 Å². The molecule has 2 aliphatic rings. The van der Waals surface area contributed by atoms with Gasteiger partial charge in [-0.25, -0.2) is 17.8 Å². The number of ether oxygens (including phenoxy) is 4. The number of anilines is 2. The van der Waals surface area contributed by atoms with Crippen molar-refractivity contribution in [3.8, 4) is 34.9 Å². The van der Waals surface area contributed by atoms with Crippen molar-refractivity contribution < 1.29 is 56.5 Å². The Morgan fingerprint density at radius 1 is 0.586 bits per heavy atom. The molecule has 462 valence electrons. The molecular weight excluding hydrogens is 1120 g/mol. The first-order valence-corrected chi connectivity index (χ1v) is 29.0. The van der Waals surface area contributed by atoms with E-state index >= 15 is 0 Å². The number of halogens is 2. The molecule has 0 bridgehead atoms. The Labute approximate surface area is 504 Å². The smallest absolute Gasteiger partial charge is 0.306 e. The van der Waals surface area contributed by atoms with Gasteiger partial charge in [0.15, 0.2) is 12.3 Å². The topological polar surface area (TPSA) is 295 Å². The second kappa shape index (κ2) is 28.4. The van der Waals surface area contributed by atoms with Crippen LogP contribution in [-0.4, -0.2) is 126 Å². The summed E-state index contributed by atoms with van der Waals surface area (Å²) in [6.07, 6.45) is 9.70. The van der Waals surface area contributed by atoms with E-state index in [9.17, 15) is 48.1 Å². The van der Waals surface area contributed by atoms with E-state index in [0.29, 0.717) is 58.1 Å². The molecule has 6 aromatic rings. The molecule has 0 radical (unpaired) electrons. The minimum absolute atomic E-state index is 0.0267. The molecule has 2 amide bonds. The van der Waals surface area contributed by atoms with Crippen molar-refractivity contribution in [3.05, 3.63) is 95.6 Å². The van der Waals surface area contributed by atoms with Crippen LogP contribution >= 0.6 is 0 Å². The van der Waals surface area contributed by atoms with Gasteiger partial charge in [-0.2, -0.15) is 20.7 Å². The molecule has 24 heteroatoms. The Hall–Kier alpha value is -9.06. The van der Waals surface area contributed by atoms with Crippen molar-refractivity contribution in [1.29, 1.82) is 10.5 Å². The number of amides is 2. The quantitative estimate of drug-likeness (QED) is 0.0408. The van der Waals surface area contributed by atoms with Gasteiger partial charge in [-0.1, -0.05) is 0 Å². The summed E-state index contributed by atoms with van der Waals surface area (Å²) in [6, 6.07) is 18.5. The van der Waals surface area contributed by atoms with Crippen molar-refractivity contribution in [2.45, 2.75) is 168 Å². The lowest BCUT2D eigenvalue weighted by atomic mass is 9.84. The van der Waals surface area contributed by atoms with Gasteiger partial charge in [-0.05, 0) is 160 Å². The molecule has 87 heavy (non-hydrogen) atoms. The average molecular weight is 1200 g/mol. The zero-order valence-electron chi connectivity index (χ0n) is 50.8. The third-order valence-electron chi connectivity index (χ3n) is 15.3. The summed E-state index contributed by atoms with van der Waals surface area (Å²) in [5.74, 6) is -2.26. The minimum atomic E-state index is -1.65. The standard InChI is InChI=1S/C33H41FN6O5.C30H35FN6O5/c1-20(41)44-33(5,6)29(34)19-37-31(43)25-18-36-27(28-12-11-24-13-22(16-35)17-38-40(24)28)15-26(25)39-23-9-7-21(8-10-23)14-30(42)45-32(2,3)4;1-18(38)42-30(2,3)27(31)17-34-29(40)23-16-33-25(26-10-9-22-11-20(14-32)15-35-37(22)26)13-24(23)36-21-7-5-19(6-8-21)12-28(39)41-4/h11-13,15,17-18,21,23,29H,7-10,14,19H2,1-6H3,(H,36,39)(H,37,43);9-11,13,15-16,19,21,27H,5-8,12,17H2,1-4H3,(H,33,36)(H,34,40)/t21?,23?,29-;19?,21?,27-/m11/s1. The third-order valence-corrected chi connectivity index (χ3v) is 15.3. The van der Waals surface area contributed by atoms with Crippen molar-refractivity contribution in [3.63, 3.8) is 0 Å². The van der Waals surface area contributed by atoms with Gasteiger partial charge in [0, 0.05) is 51.2 Å². The monoisotopic (exact) mass is 1200 g/mol. The van der Waals surface area contributed by atoms with Gasteiger partial charge in [0.25, 0.3) is 11.8 Å². The molecule has 0 saturated heterocycles. The number of hydrogen-bond donors (Lipinski definition) is 4. The predicted octanol–water partition coefficient (Wildman–Crippen LogP) is 9.59. The number of nitrogens with one attached hydrogen (secondary N) is 4. The van der Waals surface area contributed by atoms with Crippen molar-refractivity contribution in [1.82, 2.24) is 39.8 Å². The number of methoxy groups -OCH3 is 1. The van der Waals surface area contributed by atoms with Crippen LogP contribution in [0.1, 0.15) is 158 Å². The first-order valence-electron chi connectivity index (χ1n) is 29.0. The average Bonchev–Trinajstić information content (AvgIpc) is 2.09. The number of carbonyl (C=O) groups excluding carboxylic acids is 6. The number of esters is 4. The van der Waals surface area contributed by atoms with Crippen LogP contribution in [0, 0.1) is 34.5 Å². The maximum absolute atomic E-state index is 15.0. The van der Waals surface area contributed by atoms with Crippen LogP contribution in [0.25, 0.3) is 33.8 Å². The number of rotatable bonds is 20. The predicted molar refractivity (Wildman–Crippen MR) is 318 cm³/mol. The molecule has 2 aliphatic carbocycles. The Bertz CT molecular complexity index is 3570. The summed E-state index contributed by atoms with van der Waals surface area (Å²) in [6.45, 7) is 13.0. The molecule has 0 unspecified atom stereocenters. The molecule has 6 aromatic heterocycles. The zero-order chi connectivity index (χ0) is 63.4. The number of carbonyl (C=O) groups is 6. The van der Waals surface area contributed by atoms with Gasteiger partial charge in [0.1, 0.15) is 28.9 Å². The highest BCUT2D eigenvalue weighted by Gasteiger charge is 2.36. The summed E-state index contributed by atoms with van der Waals surface area (Å²) in [4.78, 5) is 82.5. The molecule has 2 atom stereocenters. The third kappa shape index (κ3) is 17.8. The lowest BCUT2D eigenvalue weighted by Gasteiger charge is -2.31. The zero-order valence-corrected chi connectivity index (χ0v) is 50.8.